The van der Waals surface area contributed by atoms with Crippen molar-refractivity contribution < 1.29 is 43.2 Å². The van der Waals surface area contributed by atoms with Crippen LogP contribution in [-0.2, 0) is 19.7 Å². The van der Waals surface area contributed by atoms with Crippen LogP contribution in [0.5, 0.6) is 0 Å². The molecular weight excluding hydrogens is 374 g/mol. The van der Waals surface area contributed by atoms with Crippen LogP contribution in [0.2, 0.25) is 0 Å². The van der Waals surface area contributed by atoms with Crippen LogP contribution in [0.25, 0.3) is 0 Å². The Morgan fingerprint density at radius 2 is 1.04 bits per heavy atom. The van der Waals surface area contributed by atoms with Gasteiger partial charge in [0.2, 0.25) is 0 Å². The van der Waals surface area contributed by atoms with Crippen molar-refractivity contribution in [1.29, 1.82) is 0 Å². The lowest BCUT2D eigenvalue weighted by Crippen LogP contribution is -2.49. The molecular formula is C11H12F6O4S2. The van der Waals surface area contributed by atoms with E-state index in [9.17, 15) is 43.2 Å². The van der Waals surface area contributed by atoms with Gasteiger partial charge in [-0.25, -0.2) is 16.8 Å². The molecule has 0 aromatic heterocycles. The van der Waals surface area contributed by atoms with Crippen molar-refractivity contribution in [2.75, 3.05) is 0 Å². The van der Waals surface area contributed by atoms with Crippen molar-refractivity contribution in [1.82, 2.24) is 0 Å². The fraction of sp³-hybridized carbons (Fsp3) is 0.818. The average molecular weight is 386 g/mol. The molecule has 1 fully saturated rings. The van der Waals surface area contributed by atoms with Crippen LogP contribution in [-0.4, -0.2) is 31.9 Å². The predicted octanol–water partition coefficient (Wildman–Crippen LogP) is 2.93. The average Bonchev–Trinajstić information content (AvgIpc) is 2.93. The minimum Gasteiger partial charge on any atom is -0.218 e. The molecule has 23 heavy (non-hydrogen) atoms. The van der Waals surface area contributed by atoms with Crippen LogP contribution in [0.1, 0.15) is 25.7 Å². The number of rotatable bonds is 2. The van der Waals surface area contributed by atoms with Gasteiger partial charge in [0.25, 0.3) is 19.7 Å². The molecule has 2 rings (SSSR count). The van der Waals surface area contributed by atoms with Gasteiger partial charge in [-0.2, -0.15) is 26.3 Å². The van der Waals surface area contributed by atoms with E-state index in [0.29, 0.717) is 0 Å². The fourth-order valence-corrected chi connectivity index (χ4v) is 8.41. The number of halogens is 6. The van der Waals surface area contributed by atoms with Crippen LogP contribution in [0, 0.1) is 11.8 Å². The minimum atomic E-state index is -6.56. The van der Waals surface area contributed by atoms with Gasteiger partial charge < -0.3 is 0 Å². The maximum absolute atomic E-state index is 12.9. The third-order valence-electron chi connectivity index (χ3n) is 4.32. The molecule has 2 aliphatic carbocycles. The van der Waals surface area contributed by atoms with Gasteiger partial charge >= 0.3 is 11.0 Å². The Bertz CT molecular complexity index is 655. The molecule has 0 aromatic rings. The Morgan fingerprint density at radius 1 is 0.739 bits per heavy atom. The maximum atomic E-state index is 12.9. The van der Waals surface area contributed by atoms with Crippen LogP contribution in [0.4, 0.5) is 26.3 Å². The van der Waals surface area contributed by atoms with Crippen molar-refractivity contribution in [2.45, 2.75) is 40.8 Å². The highest BCUT2D eigenvalue weighted by atomic mass is 32.3. The molecule has 12 heteroatoms. The Hall–Kier alpha value is -0.780. The molecule has 0 bridgehead atoms. The largest absolute Gasteiger partial charge is 0.498 e. The van der Waals surface area contributed by atoms with Crippen LogP contribution in [0.15, 0.2) is 12.2 Å². The van der Waals surface area contributed by atoms with Crippen molar-refractivity contribution in [3.63, 3.8) is 0 Å². The van der Waals surface area contributed by atoms with Gasteiger partial charge in [0.15, 0.2) is 4.08 Å². The summed E-state index contributed by atoms with van der Waals surface area (Å²) in [5, 5.41) is 0. The molecule has 1 saturated carbocycles. The SMILES string of the molecule is O=S(=O)(C(F)(F)F)C1(S(=O)(=O)C(F)(F)F)[C@@H]2CC/C=C\CC[C@@H]21. The van der Waals surface area contributed by atoms with Gasteiger partial charge in [-0.3, -0.25) is 0 Å². The van der Waals surface area contributed by atoms with Gasteiger partial charge in [0, 0.05) is 0 Å². The molecule has 0 radical (unpaired) electrons. The second-order valence-corrected chi connectivity index (χ2v) is 10.0. The van der Waals surface area contributed by atoms with Gasteiger partial charge in [-0.15, -0.1) is 0 Å². The number of alkyl halides is 6. The molecule has 0 aliphatic heterocycles. The van der Waals surface area contributed by atoms with Crippen LogP contribution < -0.4 is 0 Å². The summed E-state index contributed by atoms with van der Waals surface area (Å²) in [7, 11) is -13.1. The number of sulfone groups is 2. The quantitative estimate of drug-likeness (QED) is 0.541. The summed E-state index contributed by atoms with van der Waals surface area (Å²) in [5.74, 6) is -3.43. The second-order valence-electron chi connectivity index (χ2n) is 5.46. The first kappa shape index (κ1) is 18.6. The summed E-state index contributed by atoms with van der Waals surface area (Å²) in [6.45, 7) is 0. The normalized spacial score (nSPS) is 30.0. The fourth-order valence-electron chi connectivity index (χ4n) is 3.38. The lowest BCUT2D eigenvalue weighted by molar-refractivity contribution is -0.0480. The number of hydrogen-bond acceptors (Lipinski definition) is 4. The van der Waals surface area contributed by atoms with E-state index < -0.39 is 46.6 Å². The van der Waals surface area contributed by atoms with Gasteiger partial charge in [0.05, 0.1) is 0 Å². The Morgan fingerprint density at radius 3 is 1.30 bits per heavy atom. The summed E-state index contributed by atoms with van der Waals surface area (Å²) in [6.07, 6.45) is 2.27. The maximum Gasteiger partial charge on any atom is 0.498 e. The van der Waals surface area contributed by atoms with Crippen molar-refractivity contribution in [3.05, 3.63) is 12.2 Å². The molecule has 0 saturated heterocycles. The smallest absolute Gasteiger partial charge is 0.218 e. The van der Waals surface area contributed by atoms with E-state index in [1.165, 1.54) is 12.2 Å². The summed E-state index contributed by atoms with van der Waals surface area (Å²) < 4.78 is 121. The Kier molecular flexibility index (Phi) is 4.12. The third-order valence-corrected chi connectivity index (χ3v) is 9.74. The highest BCUT2D eigenvalue weighted by Gasteiger charge is 2.87. The highest BCUT2D eigenvalue weighted by Crippen LogP contribution is 2.68. The second kappa shape index (κ2) is 5.11. The zero-order valence-electron chi connectivity index (χ0n) is 11.4. The van der Waals surface area contributed by atoms with E-state index in [1.807, 2.05) is 0 Å². The van der Waals surface area contributed by atoms with E-state index >= 15 is 0 Å². The predicted molar refractivity (Wildman–Crippen MR) is 67.3 cm³/mol. The Balaban J connectivity index is 2.71. The number of hydrogen-bond donors (Lipinski definition) is 0. The first-order valence-electron chi connectivity index (χ1n) is 6.49. The van der Waals surface area contributed by atoms with Crippen molar-refractivity contribution in [3.8, 4) is 0 Å². The summed E-state index contributed by atoms with van der Waals surface area (Å²) in [5.41, 5.74) is -12.2. The lowest BCUT2D eigenvalue weighted by atomic mass is 10.1. The first-order valence-corrected chi connectivity index (χ1v) is 9.46. The van der Waals surface area contributed by atoms with E-state index in [-0.39, 0.29) is 25.7 Å². The van der Waals surface area contributed by atoms with Crippen molar-refractivity contribution in [2.24, 2.45) is 11.8 Å². The highest BCUT2D eigenvalue weighted by molar-refractivity contribution is 8.11. The van der Waals surface area contributed by atoms with Gasteiger partial charge in [-0.1, -0.05) is 12.2 Å². The van der Waals surface area contributed by atoms with Crippen LogP contribution in [0.3, 0.4) is 0 Å². The molecule has 0 unspecified atom stereocenters. The van der Waals surface area contributed by atoms with Gasteiger partial charge in [-0.05, 0) is 37.5 Å². The molecule has 4 nitrogen and oxygen atoms in total. The topological polar surface area (TPSA) is 68.3 Å². The minimum absolute atomic E-state index is 0.0175. The zero-order valence-corrected chi connectivity index (χ0v) is 13.0. The standard InChI is InChI=1S/C11H12F6O4S2/c12-10(13,14)22(18,19)9(23(20,21)11(15,16)17)7-5-3-1-2-4-6-8(7)9/h1-2,7-8H,3-6H2/b2-1-/t7-,8+. The summed E-state index contributed by atoms with van der Waals surface area (Å²) in [4.78, 5) is 0. The number of fused-ring (bicyclic) bond motifs is 1. The third kappa shape index (κ3) is 2.31. The lowest BCUT2D eigenvalue weighted by Gasteiger charge is -2.22. The Labute approximate surface area is 128 Å². The molecule has 0 heterocycles. The number of allylic oxidation sites excluding steroid dienone is 2. The first-order chi connectivity index (χ1) is 10.2. The van der Waals surface area contributed by atoms with Gasteiger partial charge in [0.1, 0.15) is 0 Å². The summed E-state index contributed by atoms with van der Waals surface area (Å²) >= 11 is 0. The van der Waals surface area contributed by atoms with E-state index in [4.69, 9.17) is 0 Å². The van der Waals surface area contributed by atoms with E-state index in [1.54, 1.807) is 0 Å². The van der Waals surface area contributed by atoms with E-state index in [2.05, 4.69) is 0 Å². The molecule has 2 atom stereocenters. The molecule has 0 amide bonds. The molecule has 0 aromatic carbocycles. The zero-order chi connectivity index (χ0) is 17.9. The molecule has 134 valence electrons. The summed E-state index contributed by atoms with van der Waals surface area (Å²) in [6, 6.07) is 0. The monoisotopic (exact) mass is 386 g/mol. The molecule has 0 spiro atoms. The molecule has 0 N–H and O–H groups in total. The molecule has 2 aliphatic rings. The van der Waals surface area contributed by atoms with Crippen LogP contribution >= 0.6 is 0 Å². The van der Waals surface area contributed by atoms with E-state index in [0.717, 1.165) is 0 Å². The van der Waals surface area contributed by atoms with Crippen molar-refractivity contribution >= 4 is 19.7 Å².